The van der Waals surface area contributed by atoms with Crippen molar-refractivity contribution >= 4 is 28.1 Å². The molecule has 0 spiro atoms. The van der Waals surface area contributed by atoms with Crippen LogP contribution >= 0.6 is 15.9 Å². The molecule has 3 rings (SSSR count). The van der Waals surface area contributed by atoms with Crippen molar-refractivity contribution in [1.29, 1.82) is 5.26 Å². The third-order valence-corrected chi connectivity index (χ3v) is 4.53. The molecule has 3 aromatic rings. The molecule has 3 aromatic carbocycles. The van der Waals surface area contributed by atoms with Crippen molar-refractivity contribution in [2.24, 2.45) is 5.10 Å². The van der Waals surface area contributed by atoms with Gasteiger partial charge in [0.05, 0.1) is 23.4 Å². The van der Waals surface area contributed by atoms with Gasteiger partial charge in [-0.1, -0.05) is 24.3 Å². The summed E-state index contributed by atoms with van der Waals surface area (Å²) in [6.07, 6.45) is 1.56. The number of ether oxygens (including phenoxy) is 1. The Hall–Kier alpha value is -3.43. The highest BCUT2D eigenvalue weighted by molar-refractivity contribution is 9.10. The minimum absolute atomic E-state index is 0.289. The van der Waals surface area contributed by atoms with E-state index in [1.807, 2.05) is 42.5 Å². The van der Waals surface area contributed by atoms with Crippen LogP contribution in [-0.2, 0) is 6.61 Å². The van der Waals surface area contributed by atoms with E-state index in [1.165, 1.54) is 0 Å². The van der Waals surface area contributed by atoms with Crippen molar-refractivity contribution in [2.45, 2.75) is 6.61 Å². The SMILES string of the molecule is N#Cc1cccc(COc2ccc(/C=N\NC(=O)c3ccccc3Br)cc2)c1. The molecule has 0 aromatic heterocycles. The van der Waals surface area contributed by atoms with Crippen LogP contribution in [-0.4, -0.2) is 12.1 Å². The van der Waals surface area contributed by atoms with Gasteiger partial charge in [0.25, 0.3) is 5.91 Å². The quantitative estimate of drug-likeness (QED) is 0.453. The van der Waals surface area contributed by atoms with Crippen molar-refractivity contribution in [3.05, 3.63) is 99.5 Å². The maximum Gasteiger partial charge on any atom is 0.272 e. The minimum atomic E-state index is -0.289. The van der Waals surface area contributed by atoms with E-state index in [0.717, 1.165) is 11.1 Å². The van der Waals surface area contributed by atoms with E-state index in [4.69, 9.17) is 10.00 Å². The number of rotatable bonds is 6. The fraction of sp³-hybridized carbons (Fsp3) is 0.0455. The molecule has 0 bridgehead atoms. The Bertz CT molecular complexity index is 1040. The third-order valence-electron chi connectivity index (χ3n) is 3.84. The van der Waals surface area contributed by atoms with Crippen LogP contribution < -0.4 is 10.2 Å². The third kappa shape index (κ3) is 5.29. The summed E-state index contributed by atoms with van der Waals surface area (Å²) in [6.45, 7) is 0.380. The predicted molar refractivity (Wildman–Crippen MR) is 111 cm³/mol. The molecular formula is C22H16BrN3O2. The van der Waals surface area contributed by atoms with Crippen LogP contribution in [0.4, 0.5) is 0 Å². The standard InChI is InChI=1S/C22H16BrN3O2/c23-21-7-2-1-6-20(21)22(27)26-25-14-16-8-10-19(11-9-16)28-15-18-5-3-4-17(12-18)13-24/h1-12,14H,15H2,(H,26,27)/b25-14-. The topological polar surface area (TPSA) is 74.5 Å². The normalized spacial score (nSPS) is 10.4. The Morgan fingerprint density at radius 3 is 2.64 bits per heavy atom. The van der Waals surface area contributed by atoms with Crippen molar-refractivity contribution < 1.29 is 9.53 Å². The van der Waals surface area contributed by atoms with E-state index in [1.54, 1.807) is 36.5 Å². The van der Waals surface area contributed by atoms with E-state index in [9.17, 15) is 4.79 Å². The molecule has 0 aliphatic heterocycles. The summed E-state index contributed by atoms with van der Waals surface area (Å²) in [4.78, 5) is 12.1. The van der Waals surface area contributed by atoms with Gasteiger partial charge in [-0.15, -0.1) is 0 Å². The lowest BCUT2D eigenvalue weighted by molar-refractivity contribution is 0.0954. The molecule has 6 heteroatoms. The highest BCUT2D eigenvalue weighted by Crippen LogP contribution is 2.16. The molecule has 0 atom stereocenters. The summed E-state index contributed by atoms with van der Waals surface area (Å²) in [5, 5.41) is 12.9. The number of nitriles is 1. The van der Waals surface area contributed by atoms with Crippen LogP contribution in [0.15, 0.2) is 82.4 Å². The van der Waals surface area contributed by atoms with Crippen LogP contribution in [0.1, 0.15) is 27.0 Å². The molecule has 0 saturated heterocycles. The van der Waals surface area contributed by atoms with Crippen molar-refractivity contribution in [1.82, 2.24) is 5.43 Å². The lowest BCUT2D eigenvalue weighted by atomic mass is 10.1. The maximum absolute atomic E-state index is 12.1. The second-order valence-corrected chi connectivity index (χ2v) is 6.70. The van der Waals surface area contributed by atoms with Crippen LogP contribution in [0.25, 0.3) is 0 Å². The Morgan fingerprint density at radius 1 is 1.11 bits per heavy atom. The number of carbonyl (C=O) groups excluding carboxylic acids is 1. The molecule has 1 N–H and O–H groups in total. The molecule has 28 heavy (non-hydrogen) atoms. The van der Waals surface area contributed by atoms with E-state index < -0.39 is 0 Å². The number of hydrazone groups is 1. The fourth-order valence-electron chi connectivity index (χ4n) is 2.42. The number of amides is 1. The number of hydrogen-bond acceptors (Lipinski definition) is 4. The Kier molecular flexibility index (Phi) is 6.55. The largest absolute Gasteiger partial charge is 0.489 e. The molecule has 1 amide bonds. The molecule has 0 fully saturated rings. The lowest BCUT2D eigenvalue weighted by Gasteiger charge is -2.07. The lowest BCUT2D eigenvalue weighted by Crippen LogP contribution is -2.18. The van der Waals surface area contributed by atoms with Gasteiger partial charge in [0.2, 0.25) is 0 Å². The summed E-state index contributed by atoms with van der Waals surface area (Å²) >= 11 is 3.34. The zero-order valence-electron chi connectivity index (χ0n) is 14.8. The van der Waals surface area contributed by atoms with E-state index in [-0.39, 0.29) is 5.91 Å². The first kappa shape index (κ1) is 19.3. The number of halogens is 1. The van der Waals surface area contributed by atoms with E-state index in [2.05, 4.69) is 32.5 Å². The highest BCUT2D eigenvalue weighted by atomic mass is 79.9. The highest BCUT2D eigenvalue weighted by Gasteiger charge is 2.07. The number of benzene rings is 3. The summed E-state index contributed by atoms with van der Waals surface area (Å²) in [7, 11) is 0. The first-order valence-corrected chi connectivity index (χ1v) is 9.25. The number of nitrogens with one attached hydrogen (secondary N) is 1. The van der Waals surface area contributed by atoms with Crippen LogP contribution in [0.5, 0.6) is 5.75 Å². The Morgan fingerprint density at radius 2 is 1.89 bits per heavy atom. The molecule has 138 valence electrons. The average molecular weight is 434 g/mol. The molecule has 5 nitrogen and oxygen atoms in total. The Balaban J connectivity index is 1.54. The molecular weight excluding hydrogens is 418 g/mol. The van der Waals surface area contributed by atoms with Crippen LogP contribution in [0.3, 0.4) is 0 Å². The van der Waals surface area contributed by atoms with Gasteiger partial charge >= 0.3 is 0 Å². The molecule has 0 aliphatic carbocycles. The number of carbonyl (C=O) groups is 1. The van der Waals surface area contributed by atoms with Gasteiger partial charge < -0.3 is 4.74 Å². The first-order chi connectivity index (χ1) is 13.7. The van der Waals surface area contributed by atoms with Crippen molar-refractivity contribution in [2.75, 3.05) is 0 Å². The summed E-state index contributed by atoms with van der Waals surface area (Å²) in [5.41, 5.74) is 5.38. The maximum atomic E-state index is 12.1. The van der Waals surface area contributed by atoms with Gasteiger partial charge in [-0.25, -0.2) is 5.43 Å². The van der Waals surface area contributed by atoms with Crippen LogP contribution in [0.2, 0.25) is 0 Å². The molecule has 0 aliphatic rings. The first-order valence-electron chi connectivity index (χ1n) is 8.45. The second kappa shape index (κ2) is 9.49. The minimum Gasteiger partial charge on any atom is -0.489 e. The van der Waals surface area contributed by atoms with Gasteiger partial charge in [0.1, 0.15) is 12.4 Å². The zero-order valence-corrected chi connectivity index (χ0v) is 16.4. The van der Waals surface area contributed by atoms with E-state index >= 15 is 0 Å². The van der Waals surface area contributed by atoms with Crippen molar-refractivity contribution in [3.8, 4) is 11.8 Å². The van der Waals surface area contributed by atoms with Crippen LogP contribution in [0, 0.1) is 11.3 Å². The zero-order chi connectivity index (χ0) is 19.8. The van der Waals surface area contributed by atoms with Crippen molar-refractivity contribution in [3.63, 3.8) is 0 Å². The van der Waals surface area contributed by atoms with Gasteiger partial charge in [-0.3, -0.25) is 4.79 Å². The Labute approximate surface area is 171 Å². The second-order valence-electron chi connectivity index (χ2n) is 5.85. The van der Waals surface area contributed by atoms with Gasteiger partial charge in [0.15, 0.2) is 0 Å². The van der Waals surface area contributed by atoms with Gasteiger partial charge in [0, 0.05) is 4.47 Å². The predicted octanol–water partition coefficient (Wildman–Crippen LogP) is 4.66. The molecule has 0 saturated carbocycles. The molecule has 0 unspecified atom stereocenters. The smallest absolute Gasteiger partial charge is 0.272 e. The summed E-state index contributed by atoms with van der Waals surface area (Å²) in [6, 6.07) is 23.9. The monoisotopic (exact) mass is 433 g/mol. The number of nitrogens with zero attached hydrogens (tertiary/aromatic N) is 2. The van der Waals surface area contributed by atoms with Gasteiger partial charge in [-0.2, -0.15) is 10.4 Å². The fourth-order valence-corrected chi connectivity index (χ4v) is 2.88. The van der Waals surface area contributed by atoms with E-state index in [0.29, 0.717) is 28.0 Å². The number of hydrogen-bond donors (Lipinski definition) is 1. The molecule has 0 heterocycles. The summed E-state index contributed by atoms with van der Waals surface area (Å²) < 4.78 is 6.44. The molecule has 0 radical (unpaired) electrons. The average Bonchev–Trinajstić information content (AvgIpc) is 2.73. The summed E-state index contributed by atoms with van der Waals surface area (Å²) in [5.74, 6) is 0.417. The van der Waals surface area contributed by atoms with Gasteiger partial charge in [-0.05, 0) is 75.6 Å².